The minimum atomic E-state index is 0.186. The van der Waals surface area contributed by atoms with Gasteiger partial charge in [0.15, 0.2) is 0 Å². The van der Waals surface area contributed by atoms with Crippen molar-refractivity contribution in [3.05, 3.63) is 0 Å². The topological polar surface area (TPSA) is 37.4 Å². The van der Waals surface area contributed by atoms with Crippen LogP contribution in [-0.4, -0.2) is 29.2 Å². The molecule has 1 heterocycles. The second-order valence-corrected chi connectivity index (χ2v) is 4.04. The van der Waals surface area contributed by atoms with E-state index in [1.807, 2.05) is 4.90 Å². The third kappa shape index (κ3) is 2.82. The molecule has 3 nitrogen and oxygen atoms in total. The van der Waals surface area contributed by atoms with Crippen LogP contribution >= 0.6 is 0 Å². The second-order valence-electron chi connectivity index (χ2n) is 4.04. The summed E-state index contributed by atoms with van der Waals surface area (Å²) in [6.45, 7) is 4.54. The van der Waals surface area contributed by atoms with Crippen LogP contribution in [0, 0.1) is 0 Å². The van der Waals surface area contributed by atoms with Crippen LogP contribution < -0.4 is 0 Å². The Morgan fingerprint density at radius 1 is 1.57 bits per heavy atom. The molecule has 1 aliphatic rings. The van der Waals surface area contributed by atoms with E-state index in [0.717, 1.165) is 25.8 Å². The smallest absolute Gasteiger partial charge is 0.222 e. The van der Waals surface area contributed by atoms with Crippen LogP contribution in [-0.2, 0) is 9.59 Å². The van der Waals surface area contributed by atoms with Crippen molar-refractivity contribution >= 4 is 11.7 Å². The van der Waals surface area contributed by atoms with Gasteiger partial charge in [-0.15, -0.1) is 0 Å². The quantitative estimate of drug-likeness (QED) is 0.673. The fraction of sp³-hybridized carbons (Fsp3) is 0.818. The van der Waals surface area contributed by atoms with Gasteiger partial charge in [-0.2, -0.15) is 0 Å². The number of carbonyl (C=O) groups excluding carboxylic acids is 2. The average Bonchev–Trinajstić information content (AvgIpc) is 2.44. The molecule has 80 valence electrons. The summed E-state index contributed by atoms with van der Waals surface area (Å²) >= 11 is 0. The van der Waals surface area contributed by atoms with Gasteiger partial charge in [0, 0.05) is 25.4 Å². The molecule has 1 unspecified atom stereocenters. The number of rotatable bonds is 5. The van der Waals surface area contributed by atoms with E-state index < -0.39 is 0 Å². The largest absolute Gasteiger partial charge is 0.339 e. The van der Waals surface area contributed by atoms with Gasteiger partial charge in [-0.1, -0.05) is 13.3 Å². The minimum absolute atomic E-state index is 0.186. The van der Waals surface area contributed by atoms with Crippen LogP contribution in [0.25, 0.3) is 0 Å². The summed E-state index contributed by atoms with van der Waals surface area (Å²) in [6, 6.07) is 0.187. The maximum atomic E-state index is 11.5. The summed E-state index contributed by atoms with van der Waals surface area (Å²) in [5.41, 5.74) is 0. The fourth-order valence-corrected chi connectivity index (χ4v) is 1.97. The number of carbonyl (C=O) groups is 2. The van der Waals surface area contributed by atoms with Crippen LogP contribution in [0.2, 0.25) is 0 Å². The highest BCUT2D eigenvalue weighted by atomic mass is 16.2. The van der Waals surface area contributed by atoms with Gasteiger partial charge in [0.1, 0.15) is 5.78 Å². The molecule has 0 aromatic rings. The molecule has 1 atom stereocenters. The maximum absolute atomic E-state index is 11.5. The Hall–Kier alpha value is -0.860. The van der Waals surface area contributed by atoms with Crippen LogP contribution in [0.4, 0.5) is 0 Å². The van der Waals surface area contributed by atoms with E-state index in [9.17, 15) is 9.59 Å². The molecule has 0 spiro atoms. The molecule has 0 aliphatic carbocycles. The number of likely N-dealkylation sites (tertiary alicyclic amines) is 1. The van der Waals surface area contributed by atoms with Crippen molar-refractivity contribution in [2.75, 3.05) is 6.54 Å². The Kier molecular flexibility index (Phi) is 4.11. The molecule has 0 aromatic heterocycles. The van der Waals surface area contributed by atoms with Gasteiger partial charge in [0.25, 0.3) is 0 Å². The van der Waals surface area contributed by atoms with Crippen molar-refractivity contribution in [3.63, 3.8) is 0 Å². The summed E-state index contributed by atoms with van der Waals surface area (Å²) in [7, 11) is 0. The molecule has 0 radical (unpaired) electrons. The van der Waals surface area contributed by atoms with Crippen molar-refractivity contribution in [1.82, 2.24) is 4.90 Å². The van der Waals surface area contributed by atoms with Crippen LogP contribution in [0.15, 0.2) is 0 Å². The monoisotopic (exact) mass is 197 g/mol. The highest BCUT2D eigenvalue weighted by Gasteiger charge is 2.30. The predicted molar refractivity (Wildman–Crippen MR) is 54.9 cm³/mol. The van der Waals surface area contributed by atoms with Gasteiger partial charge in [-0.3, -0.25) is 9.59 Å². The SMILES string of the molecule is CCCCN1C(=O)CCC1CC(C)=O. The first-order valence-corrected chi connectivity index (χ1v) is 5.44. The lowest BCUT2D eigenvalue weighted by atomic mass is 10.1. The van der Waals surface area contributed by atoms with Gasteiger partial charge >= 0.3 is 0 Å². The van der Waals surface area contributed by atoms with Crippen LogP contribution in [0.5, 0.6) is 0 Å². The first-order valence-electron chi connectivity index (χ1n) is 5.44. The molecular weight excluding hydrogens is 178 g/mol. The summed E-state index contributed by atoms with van der Waals surface area (Å²) in [6.07, 6.45) is 4.16. The van der Waals surface area contributed by atoms with Gasteiger partial charge in [0.05, 0.1) is 0 Å². The Bertz CT molecular complexity index is 225. The molecule has 1 fully saturated rings. The lowest BCUT2D eigenvalue weighted by molar-refractivity contribution is -0.129. The standard InChI is InChI=1S/C11H19NO2/c1-3-4-7-12-10(8-9(2)13)5-6-11(12)14/h10H,3-8H2,1-2H3. The molecule has 1 rings (SSSR count). The first-order chi connectivity index (χ1) is 6.65. The van der Waals surface area contributed by atoms with Crippen molar-refractivity contribution in [2.24, 2.45) is 0 Å². The number of unbranched alkanes of at least 4 members (excludes halogenated alkanes) is 1. The van der Waals surface area contributed by atoms with Gasteiger partial charge in [0.2, 0.25) is 5.91 Å². The van der Waals surface area contributed by atoms with E-state index in [2.05, 4.69) is 6.92 Å². The Labute approximate surface area is 85.5 Å². The molecule has 0 N–H and O–H groups in total. The summed E-state index contributed by atoms with van der Waals surface area (Å²) in [4.78, 5) is 24.4. The molecule has 0 bridgehead atoms. The molecule has 3 heteroatoms. The number of nitrogens with zero attached hydrogens (tertiary/aromatic N) is 1. The summed E-state index contributed by atoms with van der Waals surface area (Å²) in [5, 5.41) is 0. The van der Waals surface area contributed by atoms with Gasteiger partial charge in [-0.05, 0) is 19.8 Å². The van der Waals surface area contributed by atoms with E-state index in [1.165, 1.54) is 0 Å². The van der Waals surface area contributed by atoms with E-state index in [1.54, 1.807) is 6.92 Å². The molecule has 1 saturated heterocycles. The molecule has 0 saturated carbocycles. The zero-order valence-electron chi connectivity index (χ0n) is 9.08. The van der Waals surface area contributed by atoms with Crippen molar-refractivity contribution in [1.29, 1.82) is 0 Å². The third-order valence-electron chi connectivity index (χ3n) is 2.73. The molecular formula is C11H19NO2. The Balaban J connectivity index is 2.48. The second kappa shape index (κ2) is 5.13. The highest BCUT2D eigenvalue weighted by molar-refractivity contribution is 5.81. The van der Waals surface area contributed by atoms with E-state index >= 15 is 0 Å². The number of Topliss-reactive ketones (excluding diaryl/α,β-unsaturated/α-hetero) is 1. The third-order valence-corrected chi connectivity index (χ3v) is 2.73. The fourth-order valence-electron chi connectivity index (χ4n) is 1.97. The maximum Gasteiger partial charge on any atom is 0.222 e. The minimum Gasteiger partial charge on any atom is -0.339 e. The first kappa shape index (κ1) is 11.2. The van der Waals surface area contributed by atoms with Crippen LogP contribution in [0.3, 0.4) is 0 Å². The number of hydrogen-bond acceptors (Lipinski definition) is 2. The van der Waals surface area contributed by atoms with Gasteiger partial charge < -0.3 is 4.90 Å². The zero-order chi connectivity index (χ0) is 10.6. The average molecular weight is 197 g/mol. The zero-order valence-corrected chi connectivity index (χ0v) is 9.08. The summed E-state index contributed by atoms with van der Waals surface area (Å²) in [5.74, 6) is 0.413. The van der Waals surface area contributed by atoms with Crippen molar-refractivity contribution < 1.29 is 9.59 Å². The Morgan fingerprint density at radius 3 is 2.86 bits per heavy atom. The Morgan fingerprint density at radius 2 is 2.29 bits per heavy atom. The lowest BCUT2D eigenvalue weighted by Gasteiger charge is -2.23. The molecule has 0 aromatic carbocycles. The van der Waals surface area contributed by atoms with E-state index in [-0.39, 0.29) is 17.7 Å². The number of ketones is 1. The molecule has 1 aliphatic heterocycles. The van der Waals surface area contributed by atoms with Crippen molar-refractivity contribution in [3.8, 4) is 0 Å². The highest BCUT2D eigenvalue weighted by Crippen LogP contribution is 2.21. The predicted octanol–water partition coefficient (Wildman–Crippen LogP) is 1.76. The van der Waals surface area contributed by atoms with Gasteiger partial charge in [-0.25, -0.2) is 0 Å². The van der Waals surface area contributed by atoms with E-state index in [0.29, 0.717) is 12.8 Å². The molecule has 14 heavy (non-hydrogen) atoms. The number of hydrogen-bond donors (Lipinski definition) is 0. The lowest BCUT2D eigenvalue weighted by Crippen LogP contribution is -2.34. The molecule has 1 amide bonds. The van der Waals surface area contributed by atoms with E-state index in [4.69, 9.17) is 0 Å². The van der Waals surface area contributed by atoms with Crippen molar-refractivity contribution in [2.45, 2.75) is 52.0 Å². The van der Waals surface area contributed by atoms with Crippen LogP contribution in [0.1, 0.15) is 46.0 Å². The number of amides is 1. The summed E-state index contributed by atoms with van der Waals surface area (Å²) < 4.78 is 0. The normalized spacial score (nSPS) is 21.7.